The molecule has 3 N–H and O–H groups in total. The van der Waals surface area contributed by atoms with Crippen LogP contribution >= 0.6 is 0 Å². The third-order valence-corrected chi connectivity index (χ3v) is 11.8. The summed E-state index contributed by atoms with van der Waals surface area (Å²) in [6, 6.07) is -0.724. The number of aliphatic hydroxyl groups excluding tert-OH is 2. The van der Waals surface area contributed by atoms with Gasteiger partial charge in [0.05, 0.1) is 25.2 Å². The molecule has 372 valence electrons. The predicted molar refractivity (Wildman–Crippen MR) is 282 cm³/mol. The number of carbonyl (C=O) groups excluding carboxylic acids is 2. The highest BCUT2D eigenvalue weighted by Crippen LogP contribution is 2.18. The first-order chi connectivity index (χ1) is 32.0. The Morgan fingerprint density at radius 3 is 1.34 bits per heavy atom. The van der Waals surface area contributed by atoms with E-state index < -0.39 is 18.2 Å². The molecule has 0 rings (SSSR count). The quantitative estimate of drug-likeness (QED) is 0.0321. The van der Waals surface area contributed by atoms with Gasteiger partial charge < -0.3 is 20.3 Å². The predicted octanol–water partition coefficient (Wildman–Crippen LogP) is 16.5. The van der Waals surface area contributed by atoms with E-state index in [2.05, 4.69) is 86.8 Å². The molecule has 0 bridgehead atoms. The molecule has 3 unspecified atom stereocenters. The first-order valence-corrected chi connectivity index (χ1v) is 27.1. The van der Waals surface area contributed by atoms with E-state index in [9.17, 15) is 19.8 Å². The number of amides is 1. The Hall–Kier alpha value is -3.22. The third kappa shape index (κ3) is 47.1. The number of nitrogens with one attached hydrogen (secondary N) is 1. The second kappa shape index (κ2) is 51.8. The normalized spacial score (nSPS) is 14.0. The van der Waals surface area contributed by atoms with E-state index >= 15 is 0 Å². The van der Waals surface area contributed by atoms with Crippen molar-refractivity contribution in [2.45, 2.75) is 257 Å². The summed E-state index contributed by atoms with van der Waals surface area (Å²) in [6.07, 6.45) is 68.9. The second-order valence-corrected chi connectivity index (χ2v) is 18.1. The lowest BCUT2D eigenvalue weighted by Crippen LogP contribution is -2.46. The summed E-state index contributed by atoms with van der Waals surface area (Å²) in [4.78, 5) is 26.2. The van der Waals surface area contributed by atoms with Crippen LogP contribution in [0, 0.1) is 0 Å². The fourth-order valence-corrected chi connectivity index (χ4v) is 7.75. The molecule has 6 nitrogen and oxygen atoms in total. The van der Waals surface area contributed by atoms with Gasteiger partial charge in [-0.2, -0.15) is 0 Å². The summed E-state index contributed by atoms with van der Waals surface area (Å²) in [5.41, 5.74) is 0. The fraction of sp³-hybridized carbons (Fsp3) is 0.695. The van der Waals surface area contributed by atoms with E-state index in [1.807, 2.05) is 36.5 Å². The summed E-state index contributed by atoms with van der Waals surface area (Å²) in [7, 11) is 0. The van der Waals surface area contributed by atoms with Gasteiger partial charge in [0.1, 0.15) is 6.10 Å². The highest BCUT2D eigenvalue weighted by Gasteiger charge is 2.24. The summed E-state index contributed by atoms with van der Waals surface area (Å²) in [5.74, 6) is -0.534. The Labute approximate surface area is 401 Å². The van der Waals surface area contributed by atoms with Crippen LogP contribution in [0.25, 0.3) is 0 Å². The number of aliphatic hydroxyl groups is 2. The Kier molecular flexibility index (Phi) is 49.2. The minimum atomic E-state index is -0.808. The molecule has 0 radical (unpaired) electrons. The summed E-state index contributed by atoms with van der Waals surface area (Å²) < 4.78 is 5.92. The maximum atomic E-state index is 13.2. The number of hydrogen-bond acceptors (Lipinski definition) is 5. The molecule has 0 saturated carbocycles. The molecule has 0 aromatic heterocycles. The molecule has 0 aliphatic heterocycles. The standard InChI is InChI=1S/C59H101NO5/c1-4-7-10-13-16-19-22-25-28-31-32-35-38-41-44-47-50-55(65-59(64)52-49-46-43-40-37-34-30-27-24-21-18-15-12-9-6-3)53-58(63)60-56(54-61)57(62)51-48-45-42-39-36-33-29-26-23-20-17-14-11-8-5-2/h9-10,12-13,15-16,18-19,21-22,24-25,28,31-32,35,55-57,61-62H,4-8,11,14,17,20,23,26-27,29-30,33-34,36-54H2,1-3H3,(H,60,63)/b12-9+,13-10+,18-15+,19-16+,24-21+,25-22+,31-28+,35-32+. The monoisotopic (exact) mass is 904 g/mol. The molecule has 0 heterocycles. The molecule has 0 aliphatic carbocycles. The van der Waals surface area contributed by atoms with Crippen molar-refractivity contribution in [2.75, 3.05) is 6.61 Å². The van der Waals surface area contributed by atoms with Crippen LogP contribution in [0.4, 0.5) is 0 Å². The van der Waals surface area contributed by atoms with Crippen molar-refractivity contribution < 1.29 is 24.5 Å². The number of ether oxygens (including phenoxy) is 1. The maximum Gasteiger partial charge on any atom is 0.306 e. The van der Waals surface area contributed by atoms with Crippen LogP contribution in [-0.4, -0.2) is 46.9 Å². The molecule has 0 spiro atoms. The summed E-state index contributed by atoms with van der Waals surface area (Å²) >= 11 is 0. The number of carbonyl (C=O) groups is 2. The molecule has 1 amide bonds. The van der Waals surface area contributed by atoms with Gasteiger partial charge in [-0.05, 0) is 64.2 Å². The molecule has 0 aromatic rings. The summed E-state index contributed by atoms with van der Waals surface area (Å²) in [6.45, 7) is 6.26. The van der Waals surface area contributed by atoms with Gasteiger partial charge in [0.15, 0.2) is 0 Å². The minimum absolute atomic E-state index is 0.0394. The van der Waals surface area contributed by atoms with E-state index in [1.165, 1.54) is 109 Å². The molecule has 0 aromatic carbocycles. The van der Waals surface area contributed by atoms with Gasteiger partial charge in [0.2, 0.25) is 5.91 Å². The second-order valence-electron chi connectivity index (χ2n) is 18.1. The largest absolute Gasteiger partial charge is 0.462 e. The zero-order chi connectivity index (χ0) is 47.4. The van der Waals surface area contributed by atoms with Crippen molar-refractivity contribution in [1.82, 2.24) is 5.32 Å². The first-order valence-electron chi connectivity index (χ1n) is 27.1. The lowest BCUT2D eigenvalue weighted by molar-refractivity contribution is -0.151. The summed E-state index contributed by atoms with van der Waals surface area (Å²) in [5, 5.41) is 23.8. The number of hydrogen-bond donors (Lipinski definition) is 3. The highest BCUT2D eigenvalue weighted by atomic mass is 16.5. The lowest BCUT2D eigenvalue weighted by Gasteiger charge is -2.24. The van der Waals surface area contributed by atoms with Gasteiger partial charge >= 0.3 is 5.97 Å². The van der Waals surface area contributed by atoms with Crippen LogP contribution in [0.3, 0.4) is 0 Å². The van der Waals surface area contributed by atoms with Crippen LogP contribution in [0.1, 0.15) is 239 Å². The molecule has 0 saturated heterocycles. The van der Waals surface area contributed by atoms with E-state index in [1.54, 1.807) is 0 Å². The van der Waals surface area contributed by atoms with Crippen LogP contribution in [0.5, 0.6) is 0 Å². The van der Waals surface area contributed by atoms with Crippen molar-refractivity contribution >= 4 is 11.9 Å². The fourth-order valence-electron chi connectivity index (χ4n) is 7.75. The number of esters is 1. The van der Waals surface area contributed by atoms with Gasteiger partial charge in [-0.25, -0.2) is 0 Å². The number of rotatable bonds is 47. The van der Waals surface area contributed by atoms with Crippen molar-refractivity contribution in [3.8, 4) is 0 Å². The van der Waals surface area contributed by atoms with Crippen LogP contribution < -0.4 is 5.32 Å². The Morgan fingerprint density at radius 1 is 0.462 bits per heavy atom. The lowest BCUT2D eigenvalue weighted by atomic mass is 10.0. The molecule has 65 heavy (non-hydrogen) atoms. The van der Waals surface area contributed by atoms with Crippen LogP contribution in [0.15, 0.2) is 97.2 Å². The van der Waals surface area contributed by atoms with E-state index in [-0.39, 0.29) is 24.9 Å². The number of unbranched alkanes of at least 4 members (excludes halogenated alkanes) is 25. The number of allylic oxidation sites excluding steroid dienone is 16. The van der Waals surface area contributed by atoms with E-state index in [4.69, 9.17) is 4.74 Å². The van der Waals surface area contributed by atoms with E-state index in [0.717, 1.165) is 83.5 Å². The van der Waals surface area contributed by atoms with Gasteiger partial charge in [0.25, 0.3) is 0 Å². The van der Waals surface area contributed by atoms with Crippen molar-refractivity contribution in [3.05, 3.63) is 97.2 Å². The molecule has 0 aliphatic rings. The third-order valence-electron chi connectivity index (χ3n) is 11.8. The SMILES string of the molecule is CC/C=C/C=C/C=C/CCCCCCCCCC(=O)OC(CCCCC/C=C/C=C/C=C/C=C/C=C/CCC)CC(=O)NC(CO)C(O)CCCCCCCCCCCCCCCCC. The zero-order valence-electron chi connectivity index (χ0n) is 42.3. The molecule has 3 atom stereocenters. The average Bonchev–Trinajstić information content (AvgIpc) is 3.30. The van der Waals surface area contributed by atoms with Crippen molar-refractivity contribution in [2.24, 2.45) is 0 Å². The first kappa shape index (κ1) is 61.8. The highest BCUT2D eigenvalue weighted by molar-refractivity contribution is 5.77. The molecular weight excluding hydrogens is 803 g/mol. The van der Waals surface area contributed by atoms with Crippen molar-refractivity contribution in [3.63, 3.8) is 0 Å². The van der Waals surface area contributed by atoms with Crippen LogP contribution in [-0.2, 0) is 14.3 Å². The van der Waals surface area contributed by atoms with Gasteiger partial charge in [-0.15, -0.1) is 0 Å². The van der Waals surface area contributed by atoms with Crippen molar-refractivity contribution in [1.29, 1.82) is 0 Å². The van der Waals surface area contributed by atoms with Gasteiger partial charge in [-0.1, -0.05) is 259 Å². The zero-order valence-corrected chi connectivity index (χ0v) is 42.3. The smallest absolute Gasteiger partial charge is 0.306 e. The molecule has 6 heteroatoms. The Morgan fingerprint density at radius 2 is 0.862 bits per heavy atom. The Balaban J connectivity index is 4.69. The van der Waals surface area contributed by atoms with Gasteiger partial charge in [-0.3, -0.25) is 9.59 Å². The average molecular weight is 904 g/mol. The molecular formula is C59H101NO5. The maximum absolute atomic E-state index is 13.2. The minimum Gasteiger partial charge on any atom is -0.462 e. The Bertz CT molecular complexity index is 1290. The topological polar surface area (TPSA) is 95.9 Å². The molecule has 0 fully saturated rings. The van der Waals surface area contributed by atoms with Crippen LogP contribution in [0.2, 0.25) is 0 Å². The van der Waals surface area contributed by atoms with E-state index in [0.29, 0.717) is 19.3 Å². The van der Waals surface area contributed by atoms with Gasteiger partial charge in [0, 0.05) is 6.42 Å².